The molecule has 2 heterocycles. The van der Waals surface area contributed by atoms with E-state index in [0.29, 0.717) is 18.3 Å². The quantitative estimate of drug-likeness (QED) is 0.942. The Bertz CT molecular complexity index is 690. The van der Waals surface area contributed by atoms with E-state index in [0.717, 1.165) is 28.5 Å². The first-order valence-corrected chi connectivity index (χ1v) is 8.04. The second-order valence-electron chi connectivity index (χ2n) is 6.38. The third-order valence-corrected chi connectivity index (χ3v) is 4.73. The molecule has 1 saturated heterocycles. The number of likely N-dealkylation sites (tertiary alicyclic amines) is 1. The molecule has 1 fully saturated rings. The SMILES string of the molecule is Cc1ccc2c(C)c(C(=O)NCC[C@H]3CCCN3C)oc2c1. The van der Waals surface area contributed by atoms with Crippen molar-refractivity contribution < 1.29 is 9.21 Å². The maximum Gasteiger partial charge on any atom is 0.287 e. The summed E-state index contributed by atoms with van der Waals surface area (Å²) in [7, 11) is 2.16. The molecule has 22 heavy (non-hydrogen) atoms. The normalized spacial score (nSPS) is 19.0. The van der Waals surface area contributed by atoms with Gasteiger partial charge < -0.3 is 14.6 Å². The summed E-state index contributed by atoms with van der Waals surface area (Å²) in [5, 5.41) is 4.02. The summed E-state index contributed by atoms with van der Waals surface area (Å²) in [6, 6.07) is 6.64. The minimum Gasteiger partial charge on any atom is -0.451 e. The van der Waals surface area contributed by atoms with Crippen LogP contribution in [-0.4, -0.2) is 37.0 Å². The van der Waals surface area contributed by atoms with Crippen LogP contribution < -0.4 is 5.32 Å². The molecule has 3 rings (SSSR count). The molecule has 0 aliphatic carbocycles. The summed E-state index contributed by atoms with van der Waals surface area (Å²) in [5.74, 6) is 0.340. The van der Waals surface area contributed by atoms with Crippen LogP contribution in [0.5, 0.6) is 0 Å². The maximum atomic E-state index is 12.4. The van der Waals surface area contributed by atoms with Crippen molar-refractivity contribution in [2.75, 3.05) is 20.1 Å². The highest BCUT2D eigenvalue weighted by Gasteiger charge is 2.21. The molecule has 1 amide bonds. The molecule has 0 bridgehead atoms. The van der Waals surface area contributed by atoms with E-state index in [-0.39, 0.29) is 5.91 Å². The molecule has 1 N–H and O–H groups in total. The van der Waals surface area contributed by atoms with Gasteiger partial charge in [-0.05, 0) is 58.3 Å². The number of rotatable bonds is 4. The Hall–Kier alpha value is -1.81. The van der Waals surface area contributed by atoms with Gasteiger partial charge in [-0.2, -0.15) is 0 Å². The third-order valence-electron chi connectivity index (χ3n) is 4.73. The van der Waals surface area contributed by atoms with Gasteiger partial charge in [0.05, 0.1) is 0 Å². The van der Waals surface area contributed by atoms with E-state index >= 15 is 0 Å². The number of fused-ring (bicyclic) bond motifs is 1. The van der Waals surface area contributed by atoms with Crippen LogP contribution in [0.2, 0.25) is 0 Å². The average Bonchev–Trinajstić information content (AvgIpc) is 3.03. The van der Waals surface area contributed by atoms with Crippen LogP contribution in [0.3, 0.4) is 0 Å². The number of hydrogen-bond acceptors (Lipinski definition) is 3. The van der Waals surface area contributed by atoms with Gasteiger partial charge in [0.2, 0.25) is 0 Å². The number of hydrogen-bond donors (Lipinski definition) is 1. The van der Waals surface area contributed by atoms with Crippen LogP contribution in [0.1, 0.15) is 40.9 Å². The van der Waals surface area contributed by atoms with E-state index in [1.165, 1.54) is 19.4 Å². The van der Waals surface area contributed by atoms with Crippen molar-refractivity contribution in [3.63, 3.8) is 0 Å². The molecule has 1 aromatic heterocycles. The number of aryl methyl sites for hydroxylation is 2. The Balaban J connectivity index is 1.66. The van der Waals surface area contributed by atoms with E-state index in [4.69, 9.17) is 4.42 Å². The first-order chi connectivity index (χ1) is 10.6. The molecule has 1 atom stereocenters. The fourth-order valence-electron chi connectivity index (χ4n) is 3.33. The van der Waals surface area contributed by atoms with Crippen LogP contribution in [0, 0.1) is 13.8 Å². The zero-order valence-corrected chi connectivity index (χ0v) is 13.6. The van der Waals surface area contributed by atoms with Gasteiger partial charge in [-0.15, -0.1) is 0 Å². The number of carbonyl (C=O) groups excluding carboxylic acids is 1. The Morgan fingerprint density at radius 3 is 2.95 bits per heavy atom. The minimum absolute atomic E-state index is 0.105. The molecule has 4 heteroatoms. The van der Waals surface area contributed by atoms with Gasteiger partial charge >= 0.3 is 0 Å². The van der Waals surface area contributed by atoms with Crippen molar-refractivity contribution in [1.82, 2.24) is 10.2 Å². The van der Waals surface area contributed by atoms with Crippen molar-refractivity contribution in [3.05, 3.63) is 35.1 Å². The Morgan fingerprint density at radius 1 is 1.41 bits per heavy atom. The molecular formula is C18H24N2O2. The number of carbonyl (C=O) groups is 1. The van der Waals surface area contributed by atoms with E-state index < -0.39 is 0 Å². The lowest BCUT2D eigenvalue weighted by Crippen LogP contribution is -2.31. The predicted molar refractivity (Wildman–Crippen MR) is 88.3 cm³/mol. The largest absolute Gasteiger partial charge is 0.451 e. The summed E-state index contributed by atoms with van der Waals surface area (Å²) in [6.45, 7) is 5.83. The highest BCUT2D eigenvalue weighted by Crippen LogP contribution is 2.26. The monoisotopic (exact) mass is 300 g/mol. The lowest BCUT2D eigenvalue weighted by Gasteiger charge is -2.19. The van der Waals surface area contributed by atoms with Crippen LogP contribution in [0.15, 0.2) is 22.6 Å². The van der Waals surface area contributed by atoms with Crippen LogP contribution >= 0.6 is 0 Å². The zero-order chi connectivity index (χ0) is 15.7. The summed E-state index contributed by atoms with van der Waals surface area (Å²) in [6.07, 6.45) is 3.49. The molecule has 1 aliphatic rings. The first kappa shape index (κ1) is 15.1. The number of furan rings is 1. The van der Waals surface area contributed by atoms with E-state index in [1.807, 2.05) is 32.0 Å². The van der Waals surface area contributed by atoms with E-state index in [9.17, 15) is 4.79 Å². The molecule has 0 spiro atoms. The van der Waals surface area contributed by atoms with Gasteiger partial charge in [-0.1, -0.05) is 12.1 Å². The topological polar surface area (TPSA) is 45.5 Å². The molecule has 1 aromatic carbocycles. The Morgan fingerprint density at radius 2 is 2.23 bits per heavy atom. The fraction of sp³-hybridized carbons (Fsp3) is 0.500. The highest BCUT2D eigenvalue weighted by atomic mass is 16.3. The van der Waals surface area contributed by atoms with Gasteiger partial charge in [-0.3, -0.25) is 4.79 Å². The van der Waals surface area contributed by atoms with Gasteiger partial charge in [0, 0.05) is 23.5 Å². The van der Waals surface area contributed by atoms with Gasteiger partial charge in [0.25, 0.3) is 5.91 Å². The molecule has 2 aromatic rings. The summed E-state index contributed by atoms with van der Waals surface area (Å²) in [4.78, 5) is 14.7. The fourth-order valence-corrected chi connectivity index (χ4v) is 3.33. The molecule has 1 aliphatic heterocycles. The summed E-state index contributed by atoms with van der Waals surface area (Å²) >= 11 is 0. The highest BCUT2D eigenvalue weighted by molar-refractivity contribution is 5.98. The summed E-state index contributed by atoms with van der Waals surface area (Å²) in [5.41, 5.74) is 2.85. The molecule has 0 saturated carbocycles. The number of benzene rings is 1. The number of nitrogens with zero attached hydrogens (tertiary/aromatic N) is 1. The Labute approximate surface area is 131 Å². The van der Waals surface area contributed by atoms with Crippen molar-refractivity contribution in [3.8, 4) is 0 Å². The lowest BCUT2D eigenvalue weighted by atomic mass is 10.1. The molecular weight excluding hydrogens is 276 g/mol. The molecule has 118 valence electrons. The molecule has 4 nitrogen and oxygen atoms in total. The van der Waals surface area contributed by atoms with Crippen LogP contribution in [-0.2, 0) is 0 Å². The smallest absolute Gasteiger partial charge is 0.287 e. The van der Waals surface area contributed by atoms with Gasteiger partial charge in [0.1, 0.15) is 5.58 Å². The van der Waals surface area contributed by atoms with Crippen LogP contribution in [0.25, 0.3) is 11.0 Å². The molecule has 0 unspecified atom stereocenters. The average molecular weight is 300 g/mol. The number of amides is 1. The maximum absolute atomic E-state index is 12.4. The number of nitrogens with one attached hydrogen (secondary N) is 1. The van der Waals surface area contributed by atoms with Crippen molar-refractivity contribution >= 4 is 16.9 Å². The summed E-state index contributed by atoms with van der Waals surface area (Å²) < 4.78 is 5.76. The van der Waals surface area contributed by atoms with Crippen molar-refractivity contribution in [1.29, 1.82) is 0 Å². The standard InChI is InChI=1S/C18H24N2O2/c1-12-6-7-15-13(2)17(22-16(15)11-12)18(21)19-9-8-14-5-4-10-20(14)3/h6-7,11,14H,4-5,8-10H2,1-3H3,(H,19,21)/t14-/m1/s1. The van der Waals surface area contributed by atoms with Crippen LogP contribution in [0.4, 0.5) is 0 Å². The van der Waals surface area contributed by atoms with Gasteiger partial charge in [-0.25, -0.2) is 0 Å². The third kappa shape index (κ3) is 2.88. The van der Waals surface area contributed by atoms with Gasteiger partial charge in [0.15, 0.2) is 5.76 Å². The van der Waals surface area contributed by atoms with Crippen molar-refractivity contribution in [2.45, 2.75) is 39.2 Å². The second-order valence-corrected chi connectivity index (χ2v) is 6.38. The first-order valence-electron chi connectivity index (χ1n) is 8.04. The van der Waals surface area contributed by atoms with E-state index in [1.54, 1.807) is 0 Å². The zero-order valence-electron chi connectivity index (χ0n) is 13.6. The van der Waals surface area contributed by atoms with Crippen molar-refractivity contribution in [2.24, 2.45) is 0 Å². The molecule has 0 radical (unpaired) electrons. The van der Waals surface area contributed by atoms with E-state index in [2.05, 4.69) is 17.3 Å². The predicted octanol–water partition coefficient (Wildman–Crippen LogP) is 3.26. The Kier molecular flexibility index (Phi) is 4.21. The minimum atomic E-state index is -0.105. The second kappa shape index (κ2) is 6.13. The lowest BCUT2D eigenvalue weighted by molar-refractivity contribution is 0.0924.